The van der Waals surface area contributed by atoms with Gasteiger partial charge in [-0.1, -0.05) is 134 Å². The Morgan fingerprint density at radius 2 is 0.771 bits per heavy atom. The van der Waals surface area contributed by atoms with Gasteiger partial charge >= 0.3 is 0 Å². The standard InChI is InChI=1S/C45H68O3/c1-14-18-29(33-26-37(43(5,6)7)40(46)23-30(33)19-15-2)22-36(34-27-38(44(8,9)10)41(47)24-31(34)20-16-3)35-28-39(45(11,12)13)42(48)25-32(35)21-17-4/h23-29,36,46-48H,14-22H2,1-13H3. The lowest BCUT2D eigenvalue weighted by molar-refractivity contribution is 0.442. The Bertz CT molecular complexity index is 1450. The molecular weight excluding hydrogens is 588 g/mol. The van der Waals surface area contributed by atoms with Crippen molar-refractivity contribution in [3.05, 3.63) is 86.5 Å². The number of phenols is 3. The van der Waals surface area contributed by atoms with E-state index in [4.69, 9.17) is 0 Å². The Kier molecular flexibility index (Phi) is 12.9. The maximum atomic E-state index is 11.4. The predicted molar refractivity (Wildman–Crippen MR) is 207 cm³/mol. The first kappa shape index (κ1) is 39.5. The second kappa shape index (κ2) is 15.7. The SMILES string of the molecule is CCCc1cc(O)c(C(C)(C)C)cc1C(CCC)CC(c1cc(C(C)(C)C)c(O)cc1CCC)c1cc(C(C)(C)C)c(O)cc1CCC. The van der Waals surface area contributed by atoms with Gasteiger partial charge in [-0.2, -0.15) is 0 Å². The van der Waals surface area contributed by atoms with Crippen molar-refractivity contribution in [1.82, 2.24) is 0 Å². The maximum absolute atomic E-state index is 11.4. The monoisotopic (exact) mass is 657 g/mol. The van der Waals surface area contributed by atoms with Gasteiger partial charge in [-0.3, -0.25) is 0 Å². The fraction of sp³-hybridized carbons (Fsp3) is 0.600. The molecule has 1 unspecified atom stereocenters. The summed E-state index contributed by atoms with van der Waals surface area (Å²) in [6.07, 6.45) is 8.73. The van der Waals surface area contributed by atoms with Gasteiger partial charge in [-0.15, -0.1) is 0 Å². The molecule has 0 aliphatic rings. The highest BCUT2D eigenvalue weighted by molar-refractivity contribution is 5.54. The van der Waals surface area contributed by atoms with E-state index in [0.29, 0.717) is 17.2 Å². The minimum absolute atomic E-state index is 0.0643. The van der Waals surface area contributed by atoms with Gasteiger partial charge in [0, 0.05) is 5.92 Å². The average molecular weight is 657 g/mol. The topological polar surface area (TPSA) is 60.7 Å². The van der Waals surface area contributed by atoms with Gasteiger partial charge in [0.1, 0.15) is 17.2 Å². The summed E-state index contributed by atoms with van der Waals surface area (Å²) in [6, 6.07) is 13.1. The van der Waals surface area contributed by atoms with Crippen molar-refractivity contribution in [2.75, 3.05) is 0 Å². The van der Waals surface area contributed by atoms with Crippen LogP contribution in [0.25, 0.3) is 0 Å². The summed E-state index contributed by atoms with van der Waals surface area (Å²) in [4.78, 5) is 0. The molecule has 3 aromatic carbocycles. The first-order chi connectivity index (χ1) is 22.3. The van der Waals surface area contributed by atoms with Crippen molar-refractivity contribution in [2.45, 2.75) is 176 Å². The normalized spacial score (nSPS) is 13.4. The summed E-state index contributed by atoms with van der Waals surface area (Å²) in [5.74, 6) is 1.50. The van der Waals surface area contributed by atoms with E-state index in [1.54, 1.807) is 0 Å². The van der Waals surface area contributed by atoms with Crippen LogP contribution in [0.15, 0.2) is 36.4 Å². The van der Waals surface area contributed by atoms with Crippen LogP contribution in [0.1, 0.15) is 190 Å². The first-order valence-electron chi connectivity index (χ1n) is 18.9. The molecule has 0 aromatic heterocycles. The summed E-state index contributed by atoms with van der Waals surface area (Å²) in [6.45, 7) is 28.6. The molecule has 266 valence electrons. The zero-order valence-corrected chi connectivity index (χ0v) is 32.8. The second-order valence-electron chi connectivity index (χ2n) is 17.5. The number of hydrogen-bond acceptors (Lipinski definition) is 3. The third-order valence-electron chi connectivity index (χ3n) is 10.1. The molecule has 3 heteroatoms. The van der Waals surface area contributed by atoms with Crippen LogP contribution >= 0.6 is 0 Å². The smallest absolute Gasteiger partial charge is 0.119 e. The van der Waals surface area contributed by atoms with Crippen LogP contribution in [0.4, 0.5) is 0 Å². The molecular formula is C45H68O3. The van der Waals surface area contributed by atoms with Crippen molar-refractivity contribution >= 4 is 0 Å². The summed E-state index contributed by atoms with van der Waals surface area (Å²) < 4.78 is 0. The molecule has 48 heavy (non-hydrogen) atoms. The van der Waals surface area contributed by atoms with E-state index >= 15 is 0 Å². The molecule has 3 aromatic rings. The molecule has 0 fully saturated rings. The number of aromatic hydroxyl groups is 3. The summed E-state index contributed by atoms with van der Waals surface area (Å²) in [7, 11) is 0. The van der Waals surface area contributed by atoms with E-state index in [2.05, 4.69) is 114 Å². The van der Waals surface area contributed by atoms with Crippen LogP contribution in [-0.2, 0) is 35.5 Å². The third kappa shape index (κ3) is 9.19. The molecule has 3 rings (SSSR count). The van der Waals surface area contributed by atoms with Crippen molar-refractivity contribution in [3.8, 4) is 17.2 Å². The van der Waals surface area contributed by atoms with E-state index in [-0.39, 0.29) is 28.1 Å². The molecule has 3 nitrogen and oxygen atoms in total. The van der Waals surface area contributed by atoms with Gasteiger partial charge in [0.15, 0.2) is 0 Å². The molecule has 3 N–H and O–H groups in total. The zero-order chi connectivity index (χ0) is 36.2. The van der Waals surface area contributed by atoms with Gasteiger partial charge in [0.2, 0.25) is 0 Å². The molecule has 0 heterocycles. The van der Waals surface area contributed by atoms with E-state index in [1.165, 1.54) is 33.4 Å². The van der Waals surface area contributed by atoms with Gasteiger partial charge < -0.3 is 15.3 Å². The zero-order valence-electron chi connectivity index (χ0n) is 32.8. The summed E-state index contributed by atoms with van der Waals surface area (Å²) in [5.41, 5.74) is 9.99. The number of aryl methyl sites for hydroxylation is 3. The van der Waals surface area contributed by atoms with Crippen LogP contribution < -0.4 is 0 Å². The van der Waals surface area contributed by atoms with Crippen LogP contribution in [0.3, 0.4) is 0 Å². The van der Waals surface area contributed by atoms with E-state index < -0.39 is 0 Å². The third-order valence-corrected chi connectivity index (χ3v) is 10.1. The Labute approximate surface area is 294 Å². The molecule has 0 bridgehead atoms. The largest absolute Gasteiger partial charge is 0.508 e. The Balaban J connectivity index is 2.50. The minimum Gasteiger partial charge on any atom is -0.508 e. The van der Waals surface area contributed by atoms with Crippen molar-refractivity contribution in [2.24, 2.45) is 0 Å². The van der Waals surface area contributed by atoms with Crippen LogP contribution in [-0.4, -0.2) is 15.3 Å². The van der Waals surface area contributed by atoms with Crippen LogP contribution in [0.2, 0.25) is 0 Å². The molecule has 1 atom stereocenters. The number of hydrogen-bond donors (Lipinski definition) is 3. The lowest BCUT2D eigenvalue weighted by atomic mass is 9.71. The summed E-state index contributed by atoms with van der Waals surface area (Å²) in [5, 5.41) is 34.0. The van der Waals surface area contributed by atoms with Gasteiger partial charge in [-0.25, -0.2) is 0 Å². The van der Waals surface area contributed by atoms with Crippen molar-refractivity contribution < 1.29 is 15.3 Å². The van der Waals surface area contributed by atoms with Crippen molar-refractivity contribution in [1.29, 1.82) is 0 Å². The fourth-order valence-electron chi connectivity index (χ4n) is 7.69. The molecule has 0 aliphatic carbocycles. The van der Waals surface area contributed by atoms with Gasteiger partial charge in [-0.05, 0) is 123 Å². The second-order valence-corrected chi connectivity index (χ2v) is 17.5. The number of phenolic OH excluding ortho intramolecular Hbond substituents is 3. The maximum Gasteiger partial charge on any atom is 0.119 e. The highest BCUT2D eigenvalue weighted by atomic mass is 16.3. The summed E-state index contributed by atoms with van der Waals surface area (Å²) >= 11 is 0. The van der Waals surface area contributed by atoms with Crippen LogP contribution in [0.5, 0.6) is 17.2 Å². The minimum atomic E-state index is -0.221. The average Bonchev–Trinajstić information content (AvgIpc) is 2.95. The highest BCUT2D eigenvalue weighted by Crippen LogP contribution is 2.47. The molecule has 0 spiro atoms. The first-order valence-corrected chi connectivity index (χ1v) is 18.9. The van der Waals surface area contributed by atoms with Crippen LogP contribution in [0, 0.1) is 0 Å². The number of rotatable bonds is 13. The molecule has 0 saturated carbocycles. The Hall–Kier alpha value is -2.94. The molecule has 0 aliphatic heterocycles. The van der Waals surface area contributed by atoms with E-state index in [1.807, 2.05) is 12.1 Å². The highest BCUT2D eigenvalue weighted by Gasteiger charge is 2.32. The van der Waals surface area contributed by atoms with E-state index in [0.717, 1.165) is 74.5 Å². The lowest BCUT2D eigenvalue weighted by Gasteiger charge is -2.33. The molecule has 0 radical (unpaired) electrons. The Morgan fingerprint density at radius 1 is 0.458 bits per heavy atom. The quantitative estimate of drug-likeness (QED) is 0.172. The van der Waals surface area contributed by atoms with E-state index in [9.17, 15) is 15.3 Å². The van der Waals surface area contributed by atoms with Gasteiger partial charge in [0.25, 0.3) is 0 Å². The van der Waals surface area contributed by atoms with Crippen molar-refractivity contribution in [3.63, 3.8) is 0 Å². The molecule has 0 saturated heterocycles. The lowest BCUT2D eigenvalue weighted by Crippen LogP contribution is -2.19. The predicted octanol–water partition coefficient (Wildman–Crippen LogP) is 12.7. The number of benzene rings is 3. The molecule has 0 amide bonds. The van der Waals surface area contributed by atoms with Gasteiger partial charge in [0.05, 0.1) is 0 Å². The Morgan fingerprint density at radius 3 is 1.06 bits per heavy atom. The fourth-order valence-corrected chi connectivity index (χ4v) is 7.69.